The minimum atomic E-state index is 0.763. The predicted octanol–water partition coefficient (Wildman–Crippen LogP) is 4.66. The van der Waals surface area contributed by atoms with Crippen LogP contribution in [0.15, 0.2) is 72.1 Å². The van der Waals surface area contributed by atoms with Crippen molar-refractivity contribution in [3.05, 3.63) is 77.0 Å². The minimum Gasteiger partial charge on any atom is -0.369 e. The van der Waals surface area contributed by atoms with Gasteiger partial charge in [-0.05, 0) is 30.0 Å². The fourth-order valence-corrected chi connectivity index (χ4v) is 3.95. The van der Waals surface area contributed by atoms with E-state index in [0.29, 0.717) is 0 Å². The maximum absolute atomic E-state index is 4.89. The highest BCUT2D eigenvalue weighted by Gasteiger charge is 2.15. The van der Waals surface area contributed by atoms with Gasteiger partial charge < -0.3 is 5.32 Å². The Labute approximate surface area is 160 Å². The van der Waals surface area contributed by atoms with Crippen LogP contribution in [0.2, 0.25) is 0 Å². The third-order valence-corrected chi connectivity index (χ3v) is 5.48. The first-order chi connectivity index (χ1) is 13.4. The Bertz CT molecular complexity index is 1200. The van der Waals surface area contributed by atoms with Crippen LogP contribution in [0.1, 0.15) is 4.88 Å². The van der Waals surface area contributed by atoms with Crippen molar-refractivity contribution in [2.75, 3.05) is 11.9 Å². The van der Waals surface area contributed by atoms with Crippen LogP contribution in [0.3, 0.4) is 0 Å². The molecule has 1 N–H and O–H groups in total. The summed E-state index contributed by atoms with van der Waals surface area (Å²) in [6.45, 7) is 0.829. The molecule has 3 aromatic heterocycles. The van der Waals surface area contributed by atoms with Gasteiger partial charge in [0.25, 0.3) is 0 Å². The molecule has 2 aromatic carbocycles. The summed E-state index contributed by atoms with van der Waals surface area (Å²) in [5.74, 6) is 0.870. The van der Waals surface area contributed by atoms with Gasteiger partial charge in [0.15, 0.2) is 5.65 Å². The van der Waals surface area contributed by atoms with E-state index in [2.05, 4.69) is 45.3 Å². The van der Waals surface area contributed by atoms with Crippen molar-refractivity contribution in [3.8, 4) is 11.3 Å². The number of aromatic nitrogens is 4. The fraction of sp³-hybridized carbons (Fsp3) is 0.0952. The average molecular weight is 371 g/mol. The lowest BCUT2D eigenvalue weighted by Gasteiger charge is -2.10. The second kappa shape index (κ2) is 6.81. The van der Waals surface area contributed by atoms with E-state index in [-0.39, 0.29) is 0 Å². The van der Waals surface area contributed by atoms with Crippen molar-refractivity contribution in [2.45, 2.75) is 6.42 Å². The minimum absolute atomic E-state index is 0.763. The van der Waals surface area contributed by atoms with Crippen LogP contribution in [-0.4, -0.2) is 26.4 Å². The van der Waals surface area contributed by atoms with Gasteiger partial charge in [0.1, 0.15) is 11.5 Å². The molecule has 0 unspecified atom stereocenters. The summed E-state index contributed by atoms with van der Waals surface area (Å²) < 4.78 is 1.82. The van der Waals surface area contributed by atoms with Crippen molar-refractivity contribution in [3.63, 3.8) is 0 Å². The number of benzene rings is 2. The van der Waals surface area contributed by atoms with Crippen molar-refractivity contribution >= 4 is 33.7 Å². The Morgan fingerprint density at radius 1 is 0.926 bits per heavy atom. The Morgan fingerprint density at radius 2 is 1.78 bits per heavy atom. The van der Waals surface area contributed by atoms with E-state index >= 15 is 0 Å². The molecule has 5 rings (SSSR count). The molecule has 5 aromatic rings. The monoisotopic (exact) mass is 371 g/mol. The third kappa shape index (κ3) is 2.94. The predicted molar refractivity (Wildman–Crippen MR) is 110 cm³/mol. The third-order valence-electron chi connectivity index (χ3n) is 4.54. The highest BCUT2D eigenvalue weighted by molar-refractivity contribution is 7.09. The van der Waals surface area contributed by atoms with Gasteiger partial charge in [-0.3, -0.25) is 0 Å². The zero-order valence-electron chi connectivity index (χ0n) is 14.5. The molecule has 0 aliphatic heterocycles. The summed E-state index contributed by atoms with van der Waals surface area (Å²) in [4.78, 5) is 6.25. The van der Waals surface area contributed by atoms with Crippen molar-refractivity contribution < 1.29 is 0 Å². The van der Waals surface area contributed by atoms with Gasteiger partial charge in [-0.25, -0.2) is 4.98 Å². The van der Waals surface area contributed by atoms with E-state index in [9.17, 15) is 0 Å². The van der Waals surface area contributed by atoms with Crippen LogP contribution in [0.25, 0.3) is 27.8 Å². The largest absolute Gasteiger partial charge is 0.369 e. The topological polar surface area (TPSA) is 55.1 Å². The molecule has 0 atom stereocenters. The normalized spacial score (nSPS) is 11.3. The summed E-state index contributed by atoms with van der Waals surface area (Å²) >= 11 is 1.78. The number of nitrogens with zero attached hydrogens (tertiary/aromatic N) is 4. The molecule has 0 saturated heterocycles. The first kappa shape index (κ1) is 16.0. The molecule has 0 bridgehead atoms. The van der Waals surface area contributed by atoms with Crippen LogP contribution >= 0.6 is 11.3 Å². The van der Waals surface area contributed by atoms with Crippen molar-refractivity contribution in [1.82, 2.24) is 19.8 Å². The number of fused-ring (bicyclic) bond motifs is 3. The second-order valence-electron chi connectivity index (χ2n) is 6.27. The van der Waals surface area contributed by atoms with Crippen molar-refractivity contribution in [1.29, 1.82) is 0 Å². The molecule has 0 saturated carbocycles. The molecule has 0 amide bonds. The van der Waals surface area contributed by atoms with Gasteiger partial charge in [-0.1, -0.05) is 53.7 Å². The molecule has 6 heteroatoms. The van der Waals surface area contributed by atoms with Crippen LogP contribution in [0.5, 0.6) is 0 Å². The molecule has 0 aliphatic carbocycles. The number of rotatable bonds is 5. The molecular weight excluding hydrogens is 354 g/mol. The van der Waals surface area contributed by atoms with E-state index in [1.807, 2.05) is 47.0 Å². The number of nitrogens with one attached hydrogen (secondary N) is 1. The molecule has 3 heterocycles. The first-order valence-corrected chi connectivity index (χ1v) is 9.74. The summed E-state index contributed by atoms with van der Waals surface area (Å²) in [5.41, 5.74) is 3.57. The van der Waals surface area contributed by atoms with E-state index in [4.69, 9.17) is 4.98 Å². The van der Waals surface area contributed by atoms with Gasteiger partial charge in [0, 0.05) is 22.4 Å². The van der Waals surface area contributed by atoms with Gasteiger partial charge in [0.2, 0.25) is 0 Å². The summed E-state index contributed by atoms with van der Waals surface area (Å²) in [5, 5.41) is 15.4. The quantitative estimate of drug-likeness (QED) is 0.488. The number of hydrogen-bond acceptors (Lipinski definition) is 5. The van der Waals surface area contributed by atoms with Crippen LogP contribution in [0, 0.1) is 0 Å². The summed E-state index contributed by atoms with van der Waals surface area (Å²) in [7, 11) is 0. The first-order valence-electron chi connectivity index (χ1n) is 8.86. The van der Waals surface area contributed by atoms with Crippen molar-refractivity contribution in [2.24, 2.45) is 0 Å². The average Bonchev–Trinajstić information content (AvgIpc) is 3.38. The Kier molecular flexibility index (Phi) is 4.03. The zero-order chi connectivity index (χ0) is 18.1. The summed E-state index contributed by atoms with van der Waals surface area (Å²) in [6, 6.07) is 22.5. The zero-order valence-corrected chi connectivity index (χ0v) is 15.4. The number of anilines is 1. The standard InChI is InChI=1S/C21H17N5S/c1-2-7-15(8-3-1)19-21-23-20(22-13-12-16-9-6-14-27-16)17-10-4-5-11-18(17)26(21)25-24-19/h1-11,14H,12-13H2,(H,22,23). The summed E-state index contributed by atoms with van der Waals surface area (Å²) in [6.07, 6.45) is 0.974. The van der Waals surface area contributed by atoms with Gasteiger partial charge in [-0.2, -0.15) is 4.52 Å². The van der Waals surface area contributed by atoms with Gasteiger partial charge in [0.05, 0.1) is 5.52 Å². The molecular formula is C21H17N5S. The molecule has 132 valence electrons. The van der Waals surface area contributed by atoms with Gasteiger partial charge >= 0.3 is 0 Å². The Hall–Kier alpha value is -3.25. The molecule has 0 spiro atoms. The van der Waals surface area contributed by atoms with Crippen LogP contribution < -0.4 is 5.32 Å². The van der Waals surface area contributed by atoms with Gasteiger partial charge in [-0.15, -0.1) is 16.4 Å². The maximum Gasteiger partial charge on any atom is 0.186 e. The molecule has 0 fully saturated rings. The lowest BCUT2D eigenvalue weighted by atomic mass is 10.1. The molecule has 5 nitrogen and oxygen atoms in total. The lowest BCUT2D eigenvalue weighted by Crippen LogP contribution is -2.08. The van der Waals surface area contributed by atoms with Crippen LogP contribution in [0.4, 0.5) is 5.82 Å². The van der Waals surface area contributed by atoms with E-state index in [0.717, 1.165) is 46.6 Å². The fourth-order valence-electron chi connectivity index (χ4n) is 3.24. The molecule has 0 radical (unpaired) electrons. The van der Waals surface area contributed by atoms with Crippen LogP contribution in [-0.2, 0) is 6.42 Å². The number of hydrogen-bond donors (Lipinski definition) is 1. The van der Waals surface area contributed by atoms with E-state index in [1.54, 1.807) is 11.3 Å². The lowest BCUT2D eigenvalue weighted by molar-refractivity contribution is 0.876. The molecule has 27 heavy (non-hydrogen) atoms. The van der Waals surface area contributed by atoms with E-state index in [1.165, 1.54) is 4.88 Å². The maximum atomic E-state index is 4.89. The Balaban J connectivity index is 1.60. The SMILES string of the molecule is c1ccc(-c2nnn3c2nc(NCCc2cccs2)c2ccccc23)cc1. The highest BCUT2D eigenvalue weighted by atomic mass is 32.1. The highest BCUT2D eigenvalue weighted by Crippen LogP contribution is 2.27. The number of thiophene rings is 1. The smallest absolute Gasteiger partial charge is 0.186 e. The number of para-hydroxylation sites is 1. The molecule has 0 aliphatic rings. The second-order valence-corrected chi connectivity index (χ2v) is 7.31. The Morgan fingerprint density at radius 3 is 2.63 bits per heavy atom. The van der Waals surface area contributed by atoms with E-state index < -0.39 is 0 Å².